The van der Waals surface area contributed by atoms with Crippen molar-refractivity contribution in [3.63, 3.8) is 0 Å². The maximum atomic E-state index is 11.2. The van der Waals surface area contributed by atoms with Crippen molar-refractivity contribution in [2.24, 2.45) is 0 Å². The Kier molecular flexibility index (Phi) is 5.67. The van der Waals surface area contributed by atoms with E-state index in [1.165, 1.54) is 18.9 Å². The number of fused-ring (bicyclic) bond motifs is 1. The summed E-state index contributed by atoms with van der Waals surface area (Å²) in [4.78, 5) is 13.9. The first-order valence-electron chi connectivity index (χ1n) is 5.02. The van der Waals surface area contributed by atoms with Crippen LogP contribution >= 0.6 is 23.4 Å². The van der Waals surface area contributed by atoms with Crippen molar-refractivity contribution in [3.05, 3.63) is 16.7 Å². The quantitative estimate of drug-likeness (QED) is 0.606. The average molecular weight is 296 g/mol. The summed E-state index contributed by atoms with van der Waals surface area (Å²) in [5.41, 5.74) is 0.859. The Morgan fingerprint density at radius 2 is 2.28 bits per heavy atom. The van der Waals surface area contributed by atoms with Crippen molar-refractivity contribution < 1.29 is 44.2 Å². The van der Waals surface area contributed by atoms with E-state index in [4.69, 9.17) is 16.3 Å². The Hall–Kier alpha value is -0.0700. The van der Waals surface area contributed by atoms with Crippen molar-refractivity contribution in [2.45, 2.75) is 4.90 Å². The topological polar surface area (TPSA) is 52.6 Å². The second kappa shape index (κ2) is 6.39. The van der Waals surface area contributed by atoms with Crippen molar-refractivity contribution in [1.82, 2.24) is 0 Å². The summed E-state index contributed by atoms with van der Waals surface area (Å²) in [6.45, 7) is 0.854. The van der Waals surface area contributed by atoms with Crippen LogP contribution in [0.3, 0.4) is 0 Å². The molecule has 0 amide bonds. The molecule has 7 heteroatoms. The summed E-state index contributed by atoms with van der Waals surface area (Å²) in [6.07, 6.45) is 0. The van der Waals surface area contributed by atoms with E-state index >= 15 is 0 Å². The SMILES string of the molecule is COc1c(Cl)cc2c(c1C(=O)[O-])SCCN2C.[Na+]. The molecule has 1 heterocycles. The monoisotopic (exact) mass is 295 g/mol. The van der Waals surface area contributed by atoms with Gasteiger partial charge in [-0.25, -0.2) is 0 Å². The van der Waals surface area contributed by atoms with Gasteiger partial charge in [-0.3, -0.25) is 0 Å². The van der Waals surface area contributed by atoms with Crippen LogP contribution in [-0.2, 0) is 0 Å². The van der Waals surface area contributed by atoms with E-state index in [1.807, 2.05) is 11.9 Å². The fourth-order valence-electron chi connectivity index (χ4n) is 1.82. The first-order chi connectivity index (χ1) is 8.06. The average Bonchev–Trinajstić information content (AvgIpc) is 2.28. The molecule has 1 aromatic carbocycles. The number of thioether (sulfide) groups is 1. The number of carbonyl (C=O) groups is 1. The van der Waals surface area contributed by atoms with Gasteiger partial charge in [0, 0.05) is 24.2 Å². The number of hydrogen-bond donors (Lipinski definition) is 0. The number of aromatic carboxylic acids is 1. The summed E-state index contributed by atoms with van der Waals surface area (Å²) < 4.78 is 5.05. The van der Waals surface area contributed by atoms with Gasteiger partial charge < -0.3 is 19.5 Å². The zero-order chi connectivity index (χ0) is 12.6. The molecule has 1 aromatic rings. The Morgan fingerprint density at radius 3 is 2.83 bits per heavy atom. The molecule has 0 atom stereocenters. The molecular formula is C11H11ClNNaO3S. The van der Waals surface area contributed by atoms with Gasteiger partial charge in [0.2, 0.25) is 0 Å². The molecule has 92 valence electrons. The minimum Gasteiger partial charge on any atom is -0.545 e. The largest absolute Gasteiger partial charge is 1.00 e. The van der Waals surface area contributed by atoms with E-state index in [-0.39, 0.29) is 40.9 Å². The first kappa shape index (κ1) is 16.0. The smallest absolute Gasteiger partial charge is 0.545 e. The molecule has 2 rings (SSSR count). The Labute approximate surface area is 137 Å². The van der Waals surface area contributed by atoms with Crippen LogP contribution in [0.15, 0.2) is 11.0 Å². The zero-order valence-electron chi connectivity index (χ0n) is 10.4. The molecule has 0 N–H and O–H groups in total. The van der Waals surface area contributed by atoms with E-state index in [1.54, 1.807) is 6.07 Å². The molecule has 0 bridgehead atoms. The van der Waals surface area contributed by atoms with E-state index in [0.29, 0.717) is 9.92 Å². The number of nitrogens with zero attached hydrogens (tertiary/aromatic N) is 1. The Balaban J connectivity index is 0.00000162. The van der Waals surface area contributed by atoms with Crippen LogP contribution in [0.1, 0.15) is 10.4 Å². The van der Waals surface area contributed by atoms with E-state index < -0.39 is 5.97 Å². The number of hydrogen-bond acceptors (Lipinski definition) is 5. The van der Waals surface area contributed by atoms with Crippen LogP contribution in [0.25, 0.3) is 0 Å². The Morgan fingerprint density at radius 1 is 1.61 bits per heavy atom. The summed E-state index contributed by atoms with van der Waals surface area (Å²) >= 11 is 7.51. The predicted molar refractivity (Wildman–Crippen MR) is 66.3 cm³/mol. The minimum absolute atomic E-state index is 0. The number of carboxylic acid groups (broad SMARTS) is 1. The fourth-order valence-corrected chi connectivity index (χ4v) is 3.35. The second-order valence-corrected chi connectivity index (χ2v) is 5.18. The number of halogens is 1. The van der Waals surface area contributed by atoms with E-state index in [2.05, 4.69) is 0 Å². The third-order valence-electron chi connectivity index (χ3n) is 2.66. The molecule has 1 aliphatic rings. The standard InChI is InChI=1S/C11H12ClNO3S.Na/c1-13-3-4-17-10-7(13)5-6(12)9(16-2)8(10)11(14)15;/h5H,3-4H2,1-2H3,(H,14,15);/q;+1/p-1. The van der Waals surface area contributed by atoms with Gasteiger partial charge in [0.1, 0.15) is 5.75 Å². The molecule has 0 fully saturated rings. The first-order valence-corrected chi connectivity index (χ1v) is 6.38. The molecule has 18 heavy (non-hydrogen) atoms. The minimum atomic E-state index is -1.26. The number of anilines is 1. The molecular weight excluding hydrogens is 285 g/mol. The van der Waals surface area contributed by atoms with Crippen molar-refractivity contribution in [1.29, 1.82) is 0 Å². The Bertz CT molecular complexity index is 484. The van der Waals surface area contributed by atoms with E-state index in [9.17, 15) is 9.90 Å². The summed E-state index contributed by atoms with van der Waals surface area (Å²) in [7, 11) is 3.30. The number of methoxy groups -OCH3 is 1. The van der Waals surface area contributed by atoms with Gasteiger partial charge in [0.05, 0.1) is 29.4 Å². The maximum Gasteiger partial charge on any atom is 1.00 e. The number of rotatable bonds is 2. The van der Waals surface area contributed by atoms with E-state index in [0.717, 1.165) is 18.0 Å². The molecule has 0 spiro atoms. The predicted octanol–water partition coefficient (Wildman–Crippen LogP) is -1.74. The number of ether oxygens (including phenoxy) is 1. The van der Waals surface area contributed by atoms with Crippen LogP contribution in [-0.4, -0.2) is 32.4 Å². The third kappa shape index (κ3) is 2.75. The molecule has 0 unspecified atom stereocenters. The third-order valence-corrected chi connectivity index (χ3v) is 4.03. The molecule has 0 aliphatic carbocycles. The normalized spacial score (nSPS) is 13.6. The van der Waals surface area contributed by atoms with Gasteiger partial charge in [-0.05, 0) is 6.07 Å². The number of benzene rings is 1. The van der Waals surface area contributed by atoms with Gasteiger partial charge >= 0.3 is 29.6 Å². The van der Waals surface area contributed by atoms with Gasteiger partial charge in [0.25, 0.3) is 0 Å². The van der Waals surface area contributed by atoms with Gasteiger partial charge in [-0.1, -0.05) is 11.6 Å². The van der Waals surface area contributed by atoms with Crippen LogP contribution < -0.4 is 44.3 Å². The van der Waals surface area contributed by atoms with Gasteiger partial charge in [-0.15, -0.1) is 11.8 Å². The molecule has 4 nitrogen and oxygen atoms in total. The van der Waals surface area contributed by atoms with Crippen LogP contribution in [0, 0.1) is 0 Å². The summed E-state index contributed by atoms with van der Waals surface area (Å²) in [5.74, 6) is -0.259. The van der Waals surface area contributed by atoms with Crippen molar-refractivity contribution >= 4 is 35.0 Å². The molecule has 0 radical (unpaired) electrons. The second-order valence-electron chi connectivity index (χ2n) is 3.67. The molecule has 0 aromatic heterocycles. The van der Waals surface area contributed by atoms with Gasteiger partial charge in [0.15, 0.2) is 0 Å². The molecule has 1 aliphatic heterocycles. The van der Waals surface area contributed by atoms with Crippen molar-refractivity contribution in [2.75, 3.05) is 31.4 Å². The van der Waals surface area contributed by atoms with Crippen LogP contribution in [0.5, 0.6) is 5.75 Å². The molecule has 0 saturated carbocycles. The van der Waals surface area contributed by atoms with Crippen LogP contribution in [0.2, 0.25) is 5.02 Å². The maximum absolute atomic E-state index is 11.2. The summed E-state index contributed by atoms with van der Waals surface area (Å²) in [6, 6.07) is 1.73. The van der Waals surface area contributed by atoms with Gasteiger partial charge in [-0.2, -0.15) is 0 Å². The summed E-state index contributed by atoms with van der Waals surface area (Å²) in [5, 5.41) is 11.5. The van der Waals surface area contributed by atoms with Crippen LogP contribution in [0.4, 0.5) is 5.69 Å². The zero-order valence-corrected chi connectivity index (χ0v) is 14.0. The fraction of sp³-hybridized carbons (Fsp3) is 0.364. The molecule has 0 saturated heterocycles. The van der Waals surface area contributed by atoms with Crippen molar-refractivity contribution in [3.8, 4) is 5.75 Å². The number of carbonyl (C=O) groups excluding carboxylic acids is 1. The number of carboxylic acids is 1.